The Hall–Kier alpha value is -4.58. The summed E-state index contributed by atoms with van der Waals surface area (Å²) in [7, 11) is 0. The van der Waals surface area contributed by atoms with E-state index < -0.39 is 11.3 Å². The SMILES string of the molecule is O=c1cc(C2C(c3ccco3)C(c3cc(=O)oc4ccccc34)C2c2ccco2)c2ccccc2o1. The summed E-state index contributed by atoms with van der Waals surface area (Å²) >= 11 is 0. The number of hydrogen-bond acceptors (Lipinski definition) is 6. The van der Waals surface area contributed by atoms with E-state index in [4.69, 9.17) is 17.7 Å². The Balaban J connectivity index is 1.52. The zero-order chi connectivity index (χ0) is 24.2. The topological polar surface area (TPSA) is 86.7 Å². The second kappa shape index (κ2) is 7.99. The number of fused-ring (bicyclic) bond motifs is 2. The molecule has 36 heavy (non-hydrogen) atoms. The minimum absolute atomic E-state index is 0.160. The third-order valence-electron chi connectivity index (χ3n) is 7.37. The zero-order valence-corrected chi connectivity index (χ0v) is 19.0. The third-order valence-corrected chi connectivity index (χ3v) is 7.37. The van der Waals surface area contributed by atoms with Crippen molar-refractivity contribution in [2.24, 2.45) is 0 Å². The summed E-state index contributed by atoms with van der Waals surface area (Å²) in [5.41, 5.74) is 1.99. The molecule has 176 valence electrons. The molecule has 1 aliphatic carbocycles. The largest absolute Gasteiger partial charge is 0.469 e. The summed E-state index contributed by atoms with van der Waals surface area (Å²) in [6, 6.07) is 25.9. The van der Waals surface area contributed by atoms with Crippen LogP contribution in [0.25, 0.3) is 21.9 Å². The number of para-hydroxylation sites is 2. The molecule has 4 aromatic heterocycles. The first-order valence-electron chi connectivity index (χ1n) is 11.8. The molecule has 2 aromatic carbocycles. The Morgan fingerprint density at radius 1 is 0.500 bits per heavy atom. The summed E-state index contributed by atoms with van der Waals surface area (Å²) in [5, 5.41) is 1.73. The van der Waals surface area contributed by atoms with Gasteiger partial charge in [0.1, 0.15) is 22.7 Å². The highest BCUT2D eigenvalue weighted by Gasteiger charge is 2.56. The lowest BCUT2D eigenvalue weighted by Crippen LogP contribution is -2.40. The quantitative estimate of drug-likeness (QED) is 0.269. The smallest absolute Gasteiger partial charge is 0.336 e. The maximum Gasteiger partial charge on any atom is 0.336 e. The van der Waals surface area contributed by atoms with Crippen LogP contribution in [-0.2, 0) is 0 Å². The van der Waals surface area contributed by atoms with Gasteiger partial charge >= 0.3 is 11.3 Å². The van der Waals surface area contributed by atoms with Gasteiger partial charge in [-0.25, -0.2) is 9.59 Å². The average molecular weight is 476 g/mol. The molecule has 0 unspecified atom stereocenters. The lowest BCUT2D eigenvalue weighted by Gasteiger charge is -2.51. The second-order valence-electron chi connectivity index (χ2n) is 9.17. The Labute approximate surface area is 204 Å². The molecule has 0 amide bonds. The van der Waals surface area contributed by atoms with E-state index in [9.17, 15) is 9.59 Å². The van der Waals surface area contributed by atoms with Crippen LogP contribution in [0.3, 0.4) is 0 Å². The minimum atomic E-state index is -0.408. The van der Waals surface area contributed by atoms with Gasteiger partial charge < -0.3 is 17.7 Å². The van der Waals surface area contributed by atoms with Gasteiger partial charge in [-0.3, -0.25) is 0 Å². The van der Waals surface area contributed by atoms with Crippen molar-refractivity contribution < 1.29 is 17.7 Å². The molecule has 0 saturated heterocycles. The molecule has 0 aliphatic heterocycles. The summed E-state index contributed by atoms with van der Waals surface area (Å²) in [4.78, 5) is 25.3. The van der Waals surface area contributed by atoms with Crippen LogP contribution in [0.4, 0.5) is 0 Å². The monoisotopic (exact) mass is 476 g/mol. The number of benzene rings is 2. The van der Waals surface area contributed by atoms with Crippen LogP contribution in [0.5, 0.6) is 0 Å². The highest BCUT2D eigenvalue weighted by atomic mass is 16.4. The molecular formula is C30H20O6. The van der Waals surface area contributed by atoms with Gasteiger partial charge in [0.2, 0.25) is 0 Å². The summed E-state index contributed by atoms with van der Waals surface area (Å²) in [6.45, 7) is 0. The minimum Gasteiger partial charge on any atom is -0.469 e. The molecule has 0 spiro atoms. The fraction of sp³-hybridized carbons (Fsp3) is 0.133. The molecule has 0 bridgehead atoms. The van der Waals surface area contributed by atoms with Crippen LogP contribution in [0.1, 0.15) is 46.3 Å². The first kappa shape index (κ1) is 20.8. The highest BCUT2D eigenvalue weighted by Crippen LogP contribution is 2.67. The van der Waals surface area contributed by atoms with Gasteiger partial charge in [0.25, 0.3) is 0 Å². The fourth-order valence-corrected chi connectivity index (χ4v) is 6.02. The van der Waals surface area contributed by atoms with Gasteiger partial charge in [0.05, 0.1) is 12.5 Å². The average Bonchev–Trinajstić information content (AvgIpc) is 3.58. The van der Waals surface area contributed by atoms with Crippen LogP contribution in [-0.4, -0.2) is 0 Å². The molecular weight excluding hydrogens is 456 g/mol. The van der Waals surface area contributed by atoms with E-state index in [1.165, 1.54) is 0 Å². The van der Waals surface area contributed by atoms with Gasteiger partial charge in [0.15, 0.2) is 0 Å². The molecule has 0 radical (unpaired) electrons. The van der Waals surface area contributed by atoms with Gasteiger partial charge in [-0.15, -0.1) is 0 Å². The predicted molar refractivity (Wildman–Crippen MR) is 133 cm³/mol. The van der Waals surface area contributed by atoms with Crippen LogP contribution in [0.15, 0.2) is 125 Å². The molecule has 0 N–H and O–H groups in total. The van der Waals surface area contributed by atoms with Crippen LogP contribution < -0.4 is 11.3 Å². The van der Waals surface area contributed by atoms with Gasteiger partial charge in [0, 0.05) is 46.6 Å². The second-order valence-corrected chi connectivity index (χ2v) is 9.17. The summed E-state index contributed by atoms with van der Waals surface area (Å²) < 4.78 is 22.9. The van der Waals surface area contributed by atoms with E-state index in [-0.39, 0.29) is 23.7 Å². The van der Waals surface area contributed by atoms with Crippen molar-refractivity contribution in [2.45, 2.75) is 23.7 Å². The predicted octanol–water partition coefficient (Wildman–Crippen LogP) is 6.53. The lowest BCUT2D eigenvalue weighted by molar-refractivity contribution is 0.179. The summed E-state index contributed by atoms with van der Waals surface area (Å²) in [6.07, 6.45) is 3.30. The van der Waals surface area contributed by atoms with Crippen molar-refractivity contribution in [1.29, 1.82) is 0 Å². The normalized spacial score (nSPS) is 21.6. The van der Waals surface area contributed by atoms with E-state index in [2.05, 4.69) is 0 Å². The number of hydrogen-bond donors (Lipinski definition) is 0. The van der Waals surface area contributed by atoms with Crippen molar-refractivity contribution in [3.8, 4) is 0 Å². The number of furan rings is 2. The molecule has 0 atom stereocenters. The molecule has 6 nitrogen and oxygen atoms in total. The Morgan fingerprint density at radius 2 is 0.944 bits per heavy atom. The van der Waals surface area contributed by atoms with Gasteiger partial charge in [-0.05, 0) is 47.5 Å². The van der Waals surface area contributed by atoms with Crippen molar-refractivity contribution in [3.05, 3.63) is 141 Å². The first-order chi connectivity index (χ1) is 17.7. The third kappa shape index (κ3) is 3.11. The van der Waals surface area contributed by atoms with Gasteiger partial charge in [-0.1, -0.05) is 36.4 Å². The molecule has 4 heterocycles. The van der Waals surface area contributed by atoms with Crippen LogP contribution >= 0.6 is 0 Å². The van der Waals surface area contributed by atoms with Crippen LogP contribution in [0, 0.1) is 0 Å². The molecule has 1 fully saturated rings. The van der Waals surface area contributed by atoms with E-state index in [1.807, 2.05) is 60.7 Å². The Bertz CT molecular complexity index is 1660. The molecule has 1 aliphatic rings. The Morgan fingerprint density at radius 3 is 1.36 bits per heavy atom. The van der Waals surface area contributed by atoms with Crippen molar-refractivity contribution in [2.75, 3.05) is 0 Å². The maximum atomic E-state index is 12.6. The maximum absolute atomic E-state index is 12.6. The van der Waals surface area contributed by atoms with E-state index >= 15 is 0 Å². The van der Waals surface area contributed by atoms with E-state index in [0.29, 0.717) is 11.2 Å². The Kier molecular flexibility index (Phi) is 4.61. The van der Waals surface area contributed by atoms with Gasteiger partial charge in [-0.2, -0.15) is 0 Å². The molecule has 1 saturated carbocycles. The summed E-state index contributed by atoms with van der Waals surface area (Å²) in [5.74, 6) is 0.917. The first-order valence-corrected chi connectivity index (χ1v) is 11.8. The van der Waals surface area contributed by atoms with Crippen molar-refractivity contribution in [1.82, 2.24) is 0 Å². The van der Waals surface area contributed by atoms with E-state index in [1.54, 1.807) is 36.8 Å². The van der Waals surface area contributed by atoms with E-state index in [0.717, 1.165) is 33.4 Å². The van der Waals surface area contributed by atoms with Crippen molar-refractivity contribution >= 4 is 21.9 Å². The molecule has 6 aromatic rings. The standard InChI is InChI=1S/C30H20O6/c31-25-15-19(17-7-1-3-9-21(17)35-25)27-29(23-11-5-13-33-23)28(30(27)24-12-6-14-34-24)20-16-26(32)36-22-10-4-2-8-18(20)22/h1-16,27-30H. The number of rotatable bonds is 4. The molecule has 7 rings (SSSR count). The van der Waals surface area contributed by atoms with Crippen molar-refractivity contribution in [3.63, 3.8) is 0 Å². The van der Waals surface area contributed by atoms with Crippen LogP contribution in [0.2, 0.25) is 0 Å². The fourth-order valence-electron chi connectivity index (χ4n) is 6.02. The molecule has 6 heteroatoms. The lowest BCUT2D eigenvalue weighted by atomic mass is 9.50. The zero-order valence-electron chi connectivity index (χ0n) is 19.0. The highest BCUT2D eigenvalue weighted by molar-refractivity contribution is 5.83.